The number of benzene rings is 2. The third-order valence-corrected chi connectivity index (χ3v) is 9.54. The van der Waals surface area contributed by atoms with Gasteiger partial charge < -0.3 is 28.7 Å². The summed E-state index contributed by atoms with van der Waals surface area (Å²) in [6.07, 6.45) is 0. The van der Waals surface area contributed by atoms with Crippen LogP contribution in [-0.2, 0) is 19.7 Å². The average molecular weight is 559 g/mol. The molecule has 0 aliphatic rings. The van der Waals surface area contributed by atoms with E-state index < -0.39 is 48.3 Å². The van der Waals surface area contributed by atoms with Crippen LogP contribution in [0.2, 0.25) is 0 Å². The molecule has 2 amide bonds. The highest BCUT2D eigenvalue weighted by Crippen LogP contribution is 2.26. The molecule has 0 unspecified atom stereocenters. The second-order valence-corrected chi connectivity index (χ2v) is 12.4. The molecule has 14 heteroatoms. The van der Waals surface area contributed by atoms with Crippen molar-refractivity contribution in [1.82, 2.24) is 9.80 Å². The van der Waals surface area contributed by atoms with Gasteiger partial charge in [0.25, 0.3) is 11.8 Å². The molecule has 0 saturated carbocycles. The van der Waals surface area contributed by atoms with Gasteiger partial charge in [0, 0.05) is 14.1 Å². The molecule has 37 heavy (non-hydrogen) atoms. The Morgan fingerprint density at radius 3 is 1.30 bits per heavy atom. The molecule has 0 atom stereocenters. The first kappa shape index (κ1) is 29.7. The van der Waals surface area contributed by atoms with Crippen LogP contribution in [-0.4, -0.2) is 97.8 Å². The molecule has 0 spiro atoms. The average Bonchev–Trinajstić information content (AvgIpc) is 2.85. The van der Waals surface area contributed by atoms with Crippen molar-refractivity contribution in [3.8, 4) is 23.0 Å². The highest BCUT2D eigenvalue weighted by molar-refractivity contribution is 8.07. The Labute approximate surface area is 216 Å². The molecule has 0 radical (unpaired) electrons. The zero-order chi connectivity index (χ0) is 28.0. The minimum atomic E-state index is -4.32. The van der Waals surface area contributed by atoms with Crippen LogP contribution in [0.25, 0.3) is 0 Å². The molecule has 0 aromatic heterocycles. The molecule has 204 valence electrons. The number of nitrogens with zero attached hydrogens (tertiary/aromatic N) is 2. The fraction of sp³-hybridized carbons (Fsp3) is 0.391. The van der Waals surface area contributed by atoms with E-state index in [1.54, 1.807) is 12.1 Å². The summed E-state index contributed by atoms with van der Waals surface area (Å²) in [5, 5.41) is -1.28. The first-order chi connectivity index (χ1) is 17.3. The smallest absolute Gasteiger partial charge is 0.258 e. The Morgan fingerprint density at radius 1 is 0.649 bits per heavy atom. The number of amides is 2. The van der Waals surface area contributed by atoms with Crippen LogP contribution in [0.5, 0.6) is 23.0 Å². The van der Waals surface area contributed by atoms with E-state index in [0.29, 0.717) is 11.5 Å². The van der Waals surface area contributed by atoms with E-state index >= 15 is 0 Å². The summed E-state index contributed by atoms with van der Waals surface area (Å²) < 4.78 is 71.3. The molecule has 0 N–H and O–H groups in total. The van der Waals surface area contributed by atoms with Gasteiger partial charge in [0.1, 0.15) is 34.8 Å². The maximum Gasteiger partial charge on any atom is 0.258 e. The van der Waals surface area contributed by atoms with Crippen molar-refractivity contribution < 1.29 is 45.4 Å². The Kier molecular flexibility index (Phi) is 9.75. The molecule has 12 nitrogen and oxygen atoms in total. The summed E-state index contributed by atoms with van der Waals surface area (Å²) >= 11 is 0. The van der Waals surface area contributed by atoms with Crippen molar-refractivity contribution >= 4 is 31.5 Å². The Morgan fingerprint density at radius 2 is 1.00 bits per heavy atom. The lowest BCUT2D eigenvalue weighted by Gasteiger charge is -2.21. The standard InChI is InChI=1S/C23H30N2O10S2/c1-24(22(26)18-11-16(32-3)7-9-20(18)34-5)13-36(28,29)15-37(30,31)14-25(2)23(27)19-12-17(33-4)8-10-21(19)35-6/h7-12H,13-15H2,1-6H3. The molecule has 2 aromatic rings. The summed E-state index contributed by atoms with van der Waals surface area (Å²) in [5.41, 5.74) is 0.0833. The number of ether oxygens (including phenoxy) is 4. The van der Waals surface area contributed by atoms with Gasteiger partial charge in [-0.15, -0.1) is 0 Å². The van der Waals surface area contributed by atoms with Crippen molar-refractivity contribution in [3.63, 3.8) is 0 Å². The molecule has 0 fully saturated rings. The number of hydrogen-bond donors (Lipinski definition) is 0. The molecule has 0 heterocycles. The molecular weight excluding hydrogens is 528 g/mol. The van der Waals surface area contributed by atoms with Crippen LogP contribution < -0.4 is 18.9 Å². The summed E-state index contributed by atoms with van der Waals surface area (Å²) in [4.78, 5) is 27.5. The first-order valence-corrected chi connectivity index (χ1v) is 14.3. The molecule has 0 saturated heterocycles. The van der Waals surface area contributed by atoms with Crippen molar-refractivity contribution in [2.24, 2.45) is 0 Å². The van der Waals surface area contributed by atoms with Gasteiger partial charge in [-0.2, -0.15) is 0 Å². The number of carbonyl (C=O) groups is 2. The van der Waals surface area contributed by atoms with Crippen LogP contribution >= 0.6 is 0 Å². The molecule has 0 bridgehead atoms. The predicted octanol–water partition coefficient (Wildman–Crippen LogP) is 1.27. The lowest BCUT2D eigenvalue weighted by molar-refractivity contribution is 0.0807. The zero-order valence-corrected chi connectivity index (χ0v) is 23.0. The van der Waals surface area contributed by atoms with Crippen molar-refractivity contribution in [2.75, 3.05) is 59.4 Å². The number of hydrogen-bond acceptors (Lipinski definition) is 10. The Hall–Kier alpha value is -3.52. The summed E-state index contributed by atoms with van der Waals surface area (Å²) in [7, 11) is -0.707. The second kappa shape index (κ2) is 12.1. The predicted molar refractivity (Wildman–Crippen MR) is 136 cm³/mol. The van der Waals surface area contributed by atoms with E-state index in [0.717, 1.165) is 9.80 Å². The van der Waals surface area contributed by atoms with E-state index in [-0.39, 0.29) is 22.6 Å². The van der Waals surface area contributed by atoms with Crippen molar-refractivity contribution in [2.45, 2.75) is 0 Å². The SMILES string of the molecule is COc1ccc(OC)c(C(=O)N(C)CS(=O)(=O)CS(=O)(=O)CN(C)C(=O)c2cc(OC)ccc2OC)c1. The maximum absolute atomic E-state index is 12.9. The number of methoxy groups -OCH3 is 4. The quantitative estimate of drug-likeness (QED) is 0.373. The largest absolute Gasteiger partial charge is 0.497 e. The second-order valence-electron chi connectivity index (χ2n) is 8.00. The lowest BCUT2D eigenvalue weighted by atomic mass is 10.1. The third kappa shape index (κ3) is 7.73. The molecule has 0 aliphatic carbocycles. The Bertz CT molecular complexity index is 1250. The van der Waals surface area contributed by atoms with Gasteiger partial charge in [0.05, 0.1) is 39.6 Å². The molecule has 2 rings (SSSR count). The fourth-order valence-electron chi connectivity index (χ4n) is 3.43. The number of carbonyl (C=O) groups excluding carboxylic acids is 2. The van der Waals surface area contributed by atoms with E-state index in [1.165, 1.54) is 66.8 Å². The minimum absolute atomic E-state index is 0.0416. The zero-order valence-electron chi connectivity index (χ0n) is 21.4. The van der Waals surface area contributed by atoms with Gasteiger partial charge >= 0.3 is 0 Å². The topological polar surface area (TPSA) is 146 Å². The van der Waals surface area contributed by atoms with E-state index in [4.69, 9.17) is 18.9 Å². The van der Waals surface area contributed by atoms with E-state index in [9.17, 15) is 26.4 Å². The molecular formula is C23H30N2O10S2. The highest BCUT2D eigenvalue weighted by atomic mass is 32.3. The van der Waals surface area contributed by atoms with Crippen LogP contribution in [0.15, 0.2) is 36.4 Å². The summed E-state index contributed by atoms with van der Waals surface area (Å²) in [6.45, 7) is 0. The summed E-state index contributed by atoms with van der Waals surface area (Å²) in [6, 6.07) is 8.88. The minimum Gasteiger partial charge on any atom is -0.497 e. The van der Waals surface area contributed by atoms with Crippen molar-refractivity contribution in [1.29, 1.82) is 0 Å². The van der Waals surface area contributed by atoms with Gasteiger partial charge in [-0.1, -0.05) is 0 Å². The van der Waals surface area contributed by atoms with Crippen LogP contribution in [0.1, 0.15) is 20.7 Å². The monoisotopic (exact) mass is 558 g/mol. The normalized spacial score (nSPS) is 11.4. The van der Waals surface area contributed by atoms with Gasteiger partial charge in [0.15, 0.2) is 24.8 Å². The van der Waals surface area contributed by atoms with Gasteiger partial charge in [0.2, 0.25) is 0 Å². The van der Waals surface area contributed by atoms with Crippen LogP contribution in [0.4, 0.5) is 0 Å². The maximum atomic E-state index is 12.9. The first-order valence-electron chi connectivity index (χ1n) is 10.6. The van der Waals surface area contributed by atoms with Crippen molar-refractivity contribution in [3.05, 3.63) is 47.5 Å². The fourth-order valence-corrected chi connectivity index (χ4v) is 7.63. The van der Waals surface area contributed by atoms with Gasteiger partial charge in [-0.05, 0) is 36.4 Å². The van der Waals surface area contributed by atoms with Gasteiger partial charge in [-0.3, -0.25) is 9.59 Å². The van der Waals surface area contributed by atoms with E-state index in [1.807, 2.05) is 0 Å². The molecule has 2 aromatic carbocycles. The number of sulfone groups is 2. The van der Waals surface area contributed by atoms with E-state index in [2.05, 4.69) is 0 Å². The molecule has 0 aliphatic heterocycles. The third-order valence-electron chi connectivity index (χ3n) is 5.11. The van der Waals surface area contributed by atoms with Crippen LogP contribution in [0, 0.1) is 0 Å². The number of rotatable bonds is 12. The van der Waals surface area contributed by atoms with Gasteiger partial charge in [-0.25, -0.2) is 16.8 Å². The highest BCUT2D eigenvalue weighted by Gasteiger charge is 2.30. The summed E-state index contributed by atoms with van der Waals surface area (Å²) in [5.74, 6) is -2.11. The Balaban J connectivity index is 2.16. The lowest BCUT2D eigenvalue weighted by Crippen LogP contribution is -2.38. The van der Waals surface area contributed by atoms with Crippen LogP contribution in [0.3, 0.4) is 0 Å².